The number of aliphatic carboxylic acids is 1. The maximum Gasteiger partial charge on any atom is 0.325 e. The Bertz CT molecular complexity index is 531. The highest BCUT2D eigenvalue weighted by Crippen LogP contribution is 2.25. The maximum absolute atomic E-state index is 11.4. The highest BCUT2D eigenvalue weighted by molar-refractivity contribution is 5.83. The molecule has 0 fully saturated rings. The van der Waals surface area contributed by atoms with Gasteiger partial charge in [0.25, 0.3) is 0 Å². The zero-order chi connectivity index (χ0) is 15.8. The molecule has 0 bridgehead atoms. The van der Waals surface area contributed by atoms with Crippen molar-refractivity contribution >= 4 is 17.6 Å². The van der Waals surface area contributed by atoms with E-state index in [2.05, 4.69) is 5.32 Å². The Morgan fingerprint density at radius 1 is 1.43 bits per heavy atom. The van der Waals surface area contributed by atoms with Gasteiger partial charge in [-0.2, -0.15) is 0 Å². The predicted octanol–water partition coefficient (Wildman–Crippen LogP) is 1.34. The molecule has 0 spiro atoms. The lowest BCUT2D eigenvalue weighted by molar-refractivity contribution is -0.385. The number of hydrogen-bond acceptors (Lipinski definition) is 5. The van der Waals surface area contributed by atoms with E-state index < -0.39 is 22.8 Å². The summed E-state index contributed by atoms with van der Waals surface area (Å²) in [6.45, 7) is 1.49. The number of benzene rings is 1. The van der Waals surface area contributed by atoms with Gasteiger partial charge in [0.1, 0.15) is 6.04 Å². The van der Waals surface area contributed by atoms with Crippen LogP contribution >= 0.6 is 0 Å². The lowest BCUT2D eigenvalue weighted by Gasteiger charge is -2.09. The second-order valence-corrected chi connectivity index (χ2v) is 4.30. The summed E-state index contributed by atoms with van der Waals surface area (Å²) in [5, 5.41) is 21.7. The fourth-order valence-electron chi connectivity index (χ4n) is 1.52. The second kappa shape index (κ2) is 7.83. The third-order valence-corrected chi connectivity index (χ3v) is 2.62. The van der Waals surface area contributed by atoms with Crippen molar-refractivity contribution in [3.63, 3.8) is 0 Å². The standard InChI is InChI=1S/C13H16N2O6/c1-9(13(17)18)14-12(16)7-4-8-21-11-6-3-2-5-10(11)15(19)20/h2-3,5-6,9H,4,7-8H2,1H3,(H,14,16)(H,17,18). The number of nitro benzene ring substituents is 1. The van der Waals surface area contributed by atoms with Gasteiger partial charge in [0.2, 0.25) is 5.91 Å². The highest BCUT2D eigenvalue weighted by atomic mass is 16.6. The molecule has 1 rings (SSSR count). The molecule has 2 N–H and O–H groups in total. The molecule has 8 nitrogen and oxygen atoms in total. The molecule has 21 heavy (non-hydrogen) atoms. The second-order valence-electron chi connectivity index (χ2n) is 4.30. The Morgan fingerprint density at radius 2 is 2.10 bits per heavy atom. The molecule has 1 atom stereocenters. The Labute approximate surface area is 120 Å². The zero-order valence-corrected chi connectivity index (χ0v) is 11.4. The molecule has 1 aromatic carbocycles. The van der Waals surface area contributed by atoms with Crippen molar-refractivity contribution in [3.8, 4) is 5.75 Å². The van der Waals surface area contributed by atoms with Crippen LogP contribution in [0.3, 0.4) is 0 Å². The summed E-state index contributed by atoms with van der Waals surface area (Å²) < 4.78 is 5.26. The first-order valence-electron chi connectivity index (χ1n) is 6.30. The van der Waals surface area contributed by atoms with Crippen molar-refractivity contribution in [2.45, 2.75) is 25.8 Å². The van der Waals surface area contributed by atoms with Crippen LogP contribution in [0.25, 0.3) is 0 Å². The molecule has 0 aliphatic rings. The van der Waals surface area contributed by atoms with Crippen LogP contribution in [0, 0.1) is 10.1 Å². The largest absolute Gasteiger partial charge is 0.487 e. The molecule has 0 aromatic heterocycles. The number of carboxylic acid groups (broad SMARTS) is 1. The van der Waals surface area contributed by atoms with Crippen LogP contribution in [-0.4, -0.2) is 34.6 Å². The van der Waals surface area contributed by atoms with Gasteiger partial charge in [-0.05, 0) is 19.4 Å². The number of nitrogens with zero attached hydrogens (tertiary/aromatic N) is 1. The van der Waals surface area contributed by atoms with E-state index in [0.717, 1.165) is 0 Å². The van der Waals surface area contributed by atoms with Gasteiger partial charge in [0.05, 0.1) is 11.5 Å². The van der Waals surface area contributed by atoms with Gasteiger partial charge in [0.15, 0.2) is 5.75 Å². The highest BCUT2D eigenvalue weighted by Gasteiger charge is 2.15. The van der Waals surface area contributed by atoms with Crippen LogP contribution in [-0.2, 0) is 9.59 Å². The van der Waals surface area contributed by atoms with E-state index in [0.29, 0.717) is 6.42 Å². The predicted molar refractivity (Wildman–Crippen MR) is 73.1 cm³/mol. The first kappa shape index (κ1) is 16.4. The average molecular weight is 296 g/mol. The molecule has 8 heteroatoms. The summed E-state index contributed by atoms with van der Waals surface area (Å²) >= 11 is 0. The lowest BCUT2D eigenvalue weighted by atomic mass is 10.2. The van der Waals surface area contributed by atoms with Crippen molar-refractivity contribution in [2.75, 3.05) is 6.61 Å². The van der Waals surface area contributed by atoms with E-state index in [1.54, 1.807) is 6.07 Å². The fraction of sp³-hybridized carbons (Fsp3) is 0.385. The fourth-order valence-corrected chi connectivity index (χ4v) is 1.52. The summed E-state index contributed by atoms with van der Waals surface area (Å²) in [5.74, 6) is -1.38. The minimum atomic E-state index is -1.11. The monoisotopic (exact) mass is 296 g/mol. The van der Waals surface area contributed by atoms with Crippen LogP contribution in [0.15, 0.2) is 24.3 Å². The number of rotatable bonds is 8. The van der Waals surface area contributed by atoms with Crippen LogP contribution in [0.2, 0.25) is 0 Å². The van der Waals surface area contributed by atoms with Crippen LogP contribution in [0.4, 0.5) is 5.69 Å². The van der Waals surface area contributed by atoms with Gasteiger partial charge in [-0.3, -0.25) is 19.7 Å². The first-order valence-corrected chi connectivity index (χ1v) is 6.30. The van der Waals surface area contributed by atoms with Crippen LogP contribution < -0.4 is 10.1 Å². The molecule has 0 saturated carbocycles. The zero-order valence-electron chi connectivity index (χ0n) is 11.4. The van der Waals surface area contributed by atoms with Crippen molar-refractivity contribution < 1.29 is 24.4 Å². The van der Waals surface area contributed by atoms with Crippen molar-refractivity contribution in [3.05, 3.63) is 34.4 Å². The number of ether oxygens (including phenoxy) is 1. The average Bonchev–Trinajstić information content (AvgIpc) is 2.43. The van der Waals surface area contributed by atoms with E-state index >= 15 is 0 Å². The summed E-state index contributed by atoms with van der Waals surface area (Å²) in [4.78, 5) is 32.2. The third kappa shape index (κ3) is 5.47. The molecule has 0 aliphatic heterocycles. The molecule has 114 valence electrons. The number of hydrogen-bond donors (Lipinski definition) is 2. The van der Waals surface area contributed by atoms with E-state index in [4.69, 9.17) is 9.84 Å². The molecular weight excluding hydrogens is 280 g/mol. The Kier molecular flexibility index (Phi) is 6.12. The van der Waals surface area contributed by atoms with E-state index in [-0.39, 0.29) is 24.5 Å². The number of carbonyl (C=O) groups is 2. The Hall–Kier alpha value is -2.64. The Balaban J connectivity index is 2.36. The summed E-state index contributed by atoms with van der Waals surface area (Å²) in [6.07, 6.45) is 0.405. The molecule has 1 unspecified atom stereocenters. The van der Waals surface area contributed by atoms with Crippen LogP contribution in [0.1, 0.15) is 19.8 Å². The molecule has 0 saturated heterocycles. The summed E-state index contributed by atoms with van der Waals surface area (Å²) in [5.41, 5.74) is -0.138. The summed E-state index contributed by atoms with van der Waals surface area (Å²) in [7, 11) is 0. The van der Waals surface area contributed by atoms with Gasteiger partial charge >= 0.3 is 11.7 Å². The minimum Gasteiger partial charge on any atom is -0.487 e. The number of para-hydroxylation sites is 2. The normalized spacial score (nSPS) is 11.5. The third-order valence-electron chi connectivity index (χ3n) is 2.62. The molecule has 0 aliphatic carbocycles. The number of carbonyl (C=O) groups excluding carboxylic acids is 1. The minimum absolute atomic E-state index is 0.0816. The first-order chi connectivity index (χ1) is 9.91. The summed E-state index contributed by atoms with van der Waals surface area (Å²) in [6, 6.07) is 5.00. The number of nitrogens with one attached hydrogen (secondary N) is 1. The smallest absolute Gasteiger partial charge is 0.325 e. The van der Waals surface area contributed by atoms with Crippen molar-refractivity contribution in [1.29, 1.82) is 0 Å². The van der Waals surface area contributed by atoms with Gasteiger partial charge < -0.3 is 15.2 Å². The molecule has 1 amide bonds. The molecular formula is C13H16N2O6. The molecule has 1 aromatic rings. The van der Waals surface area contributed by atoms with E-state index in [1.165, 1.54) is 25.1 Å². The van der Waals surface area contributed by atoms with E-state index in [1.807, 2.05) is 0 Å². The molecule has 0 radical (unpaired) electrons. The SMILES string of the molecule is CC(NC(=O)CCCOc1ccccc1[N+](=O)[O-])C(=O)O. The van der Waals surface area contributed by atoms with Gasteiger partial charge in [-0.1, -0.05) is 12.1 Å². The van der Waals surface area contributed by atoms with Crippen molar-refractivity contribution in [1.82, 2.24) is 5.32 Å². The molecule has 0 heterocycles. The van der Waals surface area contributed by atoms with Gasteiger partial charge in [0, 0.05) is 12.5 Å². The van der Waals surface area contributed by atoms with Crippen LogP contribution in [0.5, 0.6) is 5.75 Å². The van der Waals surface area contributed by atoms with Crippen molar-refractivity contribution in [2.24, 2.45) is 0 Å². The maximum atomic E-state index is 11.4. The number of carboxylic acids is 1. The van der Waals surface area contributed by atoms with E-state index in [9.17, 15) is 19.7 Å². The quantitative estimate of drug-likeness (QED) is 0.424. The number of amides is 1. The lowest BCUT2D eigenvalue weighted by Crippen LogP contribution is -2.38. The Morgan fingerprint density at radius 3 is 2.71 bits per heavy atom. The number of nitro groups is 1. The van der Waals surface area contributed by atoms with Gasteiger partial charge in [-0.25, -0.2) is 0 Å². The topological polar surface area (TPSA) is 119 Å². The van der Waals surface area contributed by atoms with Gasteiger partial charge in [-0.15, -0.1) is 0 Å².